The smallest absolute Gasteiger partial charge is 0.302 e. The Labute approximate surface area is 85.6 Å². The molecule has 1 atom stereocenters. The number of rotatable bonds is 5. The molecule has 0 saturated heterocycles. The van der Waals surface area contributed by atoms with E-state index >= 15 is 0 Å². The van der Waals surface area contributed by atoms with Gasteiger partial charge >= 0.3 is 5.97 Å². The van der Waals surface area contributed by atoms with Gasteiger partial charge < -0.3 is 15.2 Å². The molecule has 4 heteroatoms. The summed E-state index contributed by atoms with van der Waals surface area (Å²) in [5, 5.41) is 11.9. The molecule has 4 nitrogen and oxygen atoms in total. The van der Waals surface area contributed by atoms with Crippen molar-refractivity contribution in [3.8, 4) is 12.3 Å². The van der Waals surface area contributed by atoms with Crippen LogP contribution in [0, 0.1) is 12.3 Å². The molecule has 0 fully saturated rings. The molecule has 0 amide bonds. The summed E-state index contributed by atoms with van der Waals surface area (Å²) in [6.45, 7) is 6.03. The molecule has 0 rings (SSSR count). The van der Waals surface area contributed by atoms with Crippen LogP contribution in [0.5, 0.6) is 0 Å². The Hall–Kier alpha value is -1.05. The summed E-state index contributed by atoms with van der Waals surface area (Å²) in [6.07, 6.45) is 4.27. The molecule has 0 saturated carbocycles. The maximum Gasteiger partial charge on any atom is 0.302 e. The molecule has 0 spiro atoms. The van der Waals surface area contributed by atoms with Gasteiger partial charge in [0.15, 0.2) is 0 Å². The van der Waals surface area contributed by atoms with Crippen molar-refractivity contribution in [2.24, 2.45) is 0 Å². The standard InChI is InChI=1S/C8H13NO3.C2H6/c1-3-4-9-5-8(11)6-12-7(2)10;1-2/h1,8-9,11H,4-6H2,2H3;1-2H3. The van der Waals surface area contributed by atoms with E-state index in [1.165, 1.54) is 6.92 Å². The second-order valence-corrected chi connectivity index (χ2v) is 2.29. The molecule has 1 unspecified atom stereocenters. The molecule has 2 N–H and O–H groups in total. The molecular weight excluding hydrogens is 182 g/mol. The van der Waals surface area contributed by atoms with Gasteiger partial charge in [-0.1, -0.05) is 19.8 Å². The first-order valence-corrected chi connectivity index (χ1v) is 4.62. The number of terminal acetylenes is 1. The van der Waals surface area contributed by atoms with Crippen LogP contribution < -0.4 is 5.32 Å². The van der Waals surface area contributed by atoms with Crippen molar-refractivity contribution in [2.45, 2.75) is 26.9 Å². The van der Waals surface area contributed by atoms with Crippen LogP contribution in [0.3, 0.4) is 0 Å². The van der Waals surface area contributed by atoms with Gasteiger partial charge in [0.25, 0.3) is 0 Å². The Morgan fingerprint density at radius 1 is 1.64 bits per heavy atom. The molecule has 0 bridgehead atoms. The number of hydrogen-bond acceptors (Lipinski definition) is 4. The summed E-state index contributed by atoms with van der Waals surface area (Å²) in [5.41, 5.74) is 0. The number of aliphatic hydroxyl groups is 1. The number of hydrogen-bond donors (Lipinski definition) is 2. The molecular formula is C10H19NO3. The molecule has 0 aromatic heterocycles. The fraction of sp³-hybridized carbons (Fsp3) is 0.700. The minimum atomic E-state index is -0.692. The molecule has 0 aliphatic rings. The SMILES string of the molecule is C#CCNCC(O)COC(C)=O.CC. The zero-order valence-electron chi connectivity index (χ0n) is 9.04. The van der Waals surface area contributed by atoms with Crippen molar-refractivity contribution in [2.75, 3.05) is 19.7 Å². The van der Waals surface area contributed by atoms with Gasteiger partial charge in [-0.2, -0.15) is 0 Å². The summed E-state index contributed by atoms with van der Waals surface area (Å²) in [5.74, 6) is 1.96. The maximum atomic E-state index is 10.3. The van der Waals surface area contributed by atoms with Crippen LogP contribution in [0.4, 0.5) is 0 Å². The minimum Gasteiger partial charge on any atom is -0.463 e. The van der Waals surface area contributed by atoms with Crippen molar-refractivity contribution >= 4 is 5.97 Å². The van der Waals surface area contributed by atoms with Crippen LogP contribution in [0.15, 0.2) is 0 Å². The number of carbonyl (C=O) groups excluding carboxylic acids is 1. The molecule has 0 aliphatic carbocycles. The normalized spacial score (nSPS) is 10.5. The van der Waals surface area contributed by atoms with Crippen LogP contribution in [0.1, 0.15) is 20.8 Å². The van der Waals surface area contributed by atoms with Crippen molar-refractivity contribution in [3.05, 3.63) is 0 Å². The maximum absolute atomic E-state index is 10.3. The van der Waals surface area contributed by atoms with Gasteiger partial charge in [-0.15, -0.1) is 6.42 Å². The van der Waals surface area contributed by atoms with Crippen LogP contribution in [-0.2, 0) is 9.53 Å². The molecule has 0 aromatic carbocycles. The Morgan fingerprint density at radius 2 is 2.21 bits per heavy atom. The summed E-state index contributed by atoms with van der Waals surface area (Å²) in [4.78, 5) is 10.3. The number of nitrogens with one attached hydrogen (secondary N) is 1. The van der Waals surface area contributed by atoms with E-state index in [2.05, 4.69) is 16.0 Å². The summed E-state index contributed by atoms with van der Waals surface area (Å²) in [6, 6.07) is 0. The van der Waals surface area contributed by atoms with E-state index in [1.54, 1.807) is 0 Å². The molecule has 0 radical (unpaired) electrons. The summed E-state index contributed by atoms with van der Waals surface area (Å²) < 4.78 is 4.55. The first kappa shape index (κ1) is 15.4. The van der Waals surface area contributed by atoms with Gasteiger partial charge in [-0.25, -0.2) is 0 Å². The third-order valence-electron chi connectivity index (χ3n) is 1.09. The second kappa shape index (κ2) is 11.9. The summed E-state index contributed by atoms with van der Waals surface area (Å²) >= 11 is 0. The Balaban J connectivity index is 0. The first-order valence-electron chi connectivity index (χ1n) is 4.62. The lowest BCUT2D eigenvalue weighted by Crippen LogP contribution is -2.31. The molecule has 0 aliphatic heterocycles. The van der Waals surface area contributed by atoms with E-state index in [-0.39, 0.29) is 6.61 Å². The highest BCUT2D eigenvalue weighted by Gasteiger charge is 2.04. The first-order chi connectivity index (χ1) is 6.66. The van der Waals surface area contributed by atoms with Crippen LogP contribution >= 0.6 is 0 Å². The number of carbonyl (C=O) groups is 1. The lowest BCUT2D eigenvalue weighted by atomic mass is 10.4. The highest BCUT2D eigenvalue weighted by atomic mass is 16.5. The van der Waals surface area contributed by atoms with Gasteiger partial charge in [0.2, 0.25) is 0 Å². The molecule has 14 heavy (non-hydrogen) atoms. The van der Waals surface area contributed by atoms with Gasteiger partial charge in [-0.3, -0.25) is 4.79 Å². The van der Waals surface area contributed by atoms with E-state index in [4.69, 9.17) is 11.5 Å². The monoisotopic (exact) mass is 201 g/mol. The fourth-order valence-electron chi connectivity index (χ4n) is 0.583. The van der Waals surface area contributed by atoms with Crippen LogP contribution in [0.2, 0.25) is 0 Å². The zero-order valence-corrected chi connectivity index (χ0v) is 9.04. The van der Waals surface area contributed by atoms with E-state index in [0.29, 0.717) is 13.1 Å². The Morgan fingerprint density at radius 3 is 2.64 bits per heavy atom. The third kappa shape index (κ3) is 13.5. The van der Waals surface area contributed by atoms with Crippen molar-refractivity contribution in [1.29, 1.82) is 0 Å². The third-order valence-corrected chi connectivity index (χ3v) is 1.09. The quantitative estimate of drug-likeness (QED) is 0.378. The zero-order chi connectivity index (χ0) is 11.4. The van der Waals surface area contributed by atoms with Crippen molar-refractivity contribution < 1.29 is 14.6 Å². The number of ether oxygens (including phenoxy) is 1. The Bertz CT molecular complexity index is 175. The van der Waals surface area contributed by atoms with Gasteiger partial charge in [0.05, 0.1) is 6.54 Å². The average Bonchev–Trinajstić information content (AvgIpc) is 2.18. The highest BCUT2D eigenvalue weighted by Crippen LogP contribution is 1.83. The van der Waals surface area contributed by atoms with Crippen molar-refractivity contribution in [1.82, 2.24) is 5.32 Å². The predicted molar refractivity (Wildman–Crippen MR) is 55.7 cm³/mol. The topological polar surface area (TPSA) is 58.6 Å². The molecule has 82 valence electrons. The number of aliphatic hydroxyl groups excluding tert-OH is 1. The predicted octanol–water partition coefficient (Wildman–Crippen LogP) is 0.159. The van der Waals surface area contributed by atoms with Gasteiger partial charge in [-0.05, 0) is 0 Å². The second-order valence-electron chi connectivity index (χ2n) is 2.29. The van der Waals surface area contributed by atoms with Gasteiger partial charge in [0, 0.05) is 13.5 Å². The lowest BCUT2D eigenvalue weighted by Gasteiger charge is -2.09. The van der Waals surface area contributed by atoms with E-state index < -0.39 is 12.1 Å². The van der Waals surface area contributed by atoms with Gasteiger partial charge in [0.1, 0.15) is 12.7 Å². The van der Waals surface area contributed by atoms with E-state index in [0.717, 1.165) is 0 Å². The minimum absolute atomic E-state index is 0.00685. The highest BCUT2D eigenvalue weighted by molar-refractivity contribution is 5.65. The molecule has 0 aromatic rings. The Kier molecular flexibility index (Phi) is 13.2. The lowest BCUT2D eigenvalue weighted by molar-refractivity contribution is -0.143. The van der Waals surface area contributed by atoms with E-state index in [9.17, 15) is 4.79 Å². The van der Waals surface area contributed by atoms with Crippen LogP contribution in [0.25, 0.3) is 0 Å². The largest absolute Gasteiger partial charge is 0.463 e. The average molecular weight is 201 g/mol. The van der Waals surface area contributed by atoms with Crippen LogP contribution in [-0.4, -0.2) is 36.9 Å². The molecule has 0 heterocycles. The summed E-state index contributed by atoms with van der Waals surface area (Å²) in [7, 11) is 0. The number of esters is 1. The van der Waals surface area contributed by atoms with E-state index in [1.807, 2.05) is 13.8 Å². The fourth-order valence-corrected chi connectivity index (χ4v) is 0.583. The van der Waals surface area contributed by atoms with Crippen molar-refractivity contribution in [3.63, 3.8) is 0 Å².